The number of carbonyl (C=O) groups is 1. The van der Waals surface area contributed by atoms with Gasteiger partial charge in [0.1, 0.15) is 5.69 Å². The van der Waals surface area contributed by atoms with Crippen molar-refractivity contribution in [3.63, 3.8) is 0 Å². The van der Waals surface area contributed by atoms with E-state index in [0.717, 1.165) is 18.4 Å². The Morgan fingerprint density at radius 2 is 2.21 bits per heavy atom. The number of hydrogen-bond donors (Lipinski definition) is 2. The van der Waals surface area contributed by atoms with Crippen molar-refractivity contribution >= 4 is 5.91 Å². The molecular formula is C15H19N3O. The molecule has 1 saturated carbocycles. The van der Waals surface area contributed by atoms with Crippen LogP contribution < -0.4 is 11.1 Å². The number of rotatable bonds is 2. The van der Waals surface area contributed by atoms with Crippen LogP contribution in [-0.2, 0) is 0 Å². The predicted molar refractivity (Wildman–Crippen MR) is 74.5 cm³/mol. The number of hydrogen-bond acceptors (Lipinski definition) is 3. The third-order valence-electron chi connectivity index (χ3n) is 3.45. The number of nitrogens with one attached hydrogen (secondary N) is 1. The van der Waals surface area contributed by atoms with Crippen molar-refractivity contribution in [2.24, 2.45) is 5.73 Å². The first-order chi connectivity index (χ1) is 9.13. The van der Waals surface area contributed by atoms with Gasteiger partial charge in [0.05, 0.1) is 6.54 Å². The number of amides is 1. The summed E-state index contributed by atoms with van der Waals surface area (Å²) in [6, 6.07) is 3.50. The smallest absolute Gasteiger partial charge is 0.270 e. The molecule has 2 rings (SSSR count). The quantitative estimate of drug-likeness (QED) is 0.788. The molecule has 1 aromatic heterocycles. The van der Waals surface area contributed by atoms with Crippen molar-refractivity contribution in [3.05, 3.63) is 29.6 Å². The Bertz CT molecular complexity index is 504. The lowest BCUT2D eigenvalue weighted by Crippen LogP contribution is -2.43. The molecule has 1 aliphatic rings. The van der Waals surface area contributed by atoms with E-state index < -0.39 is 0 Å². The van der Waals surface area contributed by atoms with Crippen molar-refractivity contribution in [3.8, 4) is 11.8 Å². The molecule has 4 heteroatoms. The number of carbonyl (C=O) groups excluding carboxylic acids is 1. The van der Waals surface area contributed by atoms with Crippen LogP contribution in [0.25, 0.3) is 0 Å². The maximum Gasteiger partial charge on any atom is 0.270 e. The first-order valence-corrected chi connectivity index (χ1v) is 6.60. The summed E-state index contributed by atoms with van der Waals surface area (Å²) in [4.78, 5) is 16.3. The SMILES string of the molecule is CC1(NC(=O)c2ccc(C#CCN)cn2)CCCC1. The van der Waals surface area contributed by atoms with E-state index in [-0.39, 0.29) is 11.4 Å². The van der Waals surface area contributed by atoms with Crippen LogP contribution in [0.5, 0.6) is 0 Å². The fourth-order valence-corrected chi connectivity index (χ4v) is 2.37. The zero-order valence-electron chi connectivity index (χ0n) is 11.2. The van der Waals surface area contributed by atoms with Gasteiger partial charge in [0.25, 0.3) is 5.91 Å². The zero-order valence-corrected chi connectivity index (χ0v) is 11.2. The van der Waals surface area contributed by atoms with Gasteiger partial charge in [-0.1, -0.05) is 24.7 Å². The van der Waals surface area contributed by atoms with E-state index in [2.05, 4.69) is 29.1 Å². The summed E-state index contributed by atoms with van der Waals surface area (Å²) >= 11 is 0. The van der Waals surface area contributed by atoms with Gasteiger partial charge < -0.3 is 11.1 Å². The molecule has 4 nitrogen and oxygen atoms in total. The average Bonchev–Trinajstić information content (AvgIpc) is 2.83. The highest BCUT2D eigenvalue weighted by Crippen LogP contribution is 2.29. The van der Waals surface area contributed by atoms with Crippen LogP contribution in [0.15, 0.2) is 18.3 Å². The maximum absolute atomic E-state index is 12.1. The number of nitrogens with two attached hydrogens (primary N) is 1. The summed E-state index contributed by atoms with van der Waals surface area (Å²) in [7, 11) is 0. The molecule has 0 spiro atoms. The highest BCUT2D eigenvalue weighted by Gasteiger charge is 2.30. The topological polar surface area (TPSA) is 68.0 Å². The van der Waals surface area contributed by atoms with Crippen LogP contribution in [0, 0.1) is 11.8 Å². The molecule has 0 aliphatic heterocycles. The third kappa shape index (κ3) is 3.55. The summed E-state index contributed by atoms with van der Waals surface area (Å²) in [6.45, 7) is 2.42. The Labute approximate surface area is 113 Å². The summed E-state index contributed by atoms with van der Waals surface area (Å²) in [5.41, 5.74) is 6.44. The molecule has 1 amide bonds. The van der Waals surface area contributed by atoms with Crippen LogP contribution in [0.1, 0.15) is 48.7 Å². The summed E-state index contributed by atoms with van der Waals surface area (Å²) in [6.07, 6.45) is 6.04. The predicted octanol–water partition coefficient (Wildman–Crippen LogP) is 1.45. The highest BCUT2D eigenvalue weighted by atomic mass is 16.2. The second kappa shape index (κ2) is 5.85. The van der Waals surface area contributed by atoms with E-state index in [1.807, 2.05) is 0 Å². The molecule has 0 saturated heterocycles. The van der Waals surface area contributed by atoms with E-state index >= 15 is 0 Å². The normalized spacial score (nSPS) is 16.5. The fraction of sp³-hybridized carbons (Fsp3) is 0.467. The van der Waals surface area contributed by atoms with Crippen molar-refractivity contribution in [2.45, 2.75) is 38.1 Å². The van der Waals surface area contributed by atoms with E-state index in [1.54, 1.807) is 18.3 Å². The lowest BCUT2D eigenvalue weighted by atomic mass is 10.0. The molecule has 0 bridgehead atoms. The van der Waals surface area contributed by atoms with Crippen molar-refractivity contribution in [1.82, 2.24) is 10.3 Å². The van der Waals surface area contributed by atoms with Gasteiger partial charge in [-0.05, 0) is 31.9 Å². The summed E-state index contributed by atoms with van der Waals surface area (Å²) in [5.74, 6) is 5.53. The molecular weight excluding hydrogens is 238 g/mol. The van der Waals surface area contributed by atoms with Crippen LogP contribution in [0.4, 0.5) is 0 Å². The highest BCUT2D eigenvalue weighted by molar-refractivity contribution is 5.92. The molecule has 1 aliphatic carbocycles. The lowest BCUT2D eigenvalue weighted by molar-refractivity contribution is 0.0903. The van der Waals surface area contributed by atoms with E-state index in [0.29, 0.717) is 12.2 Å². The first kappa shape index (κ1) is 13.6. The second-order valence-corrected chi connectivity index (χ2v) is 5.16. The summed E-state index contributed by atoms with van der Waals surface area (Å²) in [5, 5.41) is 3.08. The molecule has 19 heavy (non-hydrogen) atoms. The second-order valence-electron chi connectivity index (χ2n) is 5.16. The minimum atomic E-state index is -0.109. The van der Waals surface area contributed by atoms with Crippen LogP contribution in [-0.4, -0.2) is 23.0 Å². The van der Waals surface area contributed by atoms with Gasteiger partial charge in [-0.3, -0.25) is 4.79 Å². The zero-order chi connectivity index (χ0) is 13.7. The fourth-order valence-electron chi connectivity index (χ4n) is 2.37. The number of nitrogens with zero attached hydrogens (tertiary/aromatic N) is 1. The molecule has 1 aromatic rings. The minimum Gasteiger partial charge on any atom is -0.346 e. The Morgan fingerprint density at radius 3 is 2.79 bits per heavy atom. The van der Waals surface area contributed by atoms with Gasteiger partial charge in [0.2, 0.25) is 0 Å². The molecule has 3 N–H and O–H groups in total. The lowest BCUT2D eigenvalue weighted by Gasteiger charge is -2.24. The summed E-state index contributed by atoms with van der Waals surface area (Å²) < 4.78 is 0. The number of aromatic nitrogens is 1. The van der Waals surface area contributed by atoms with Crippen LogP contribution in [0.3, 0.4) is 0 Å². The Hall–Kier alpha value is -1.86. The van der Waals surface area contributed by atoms with Crippen LogP contribution >= 0.6 is 0 Å². The number of pyridine rings is 1. The Morgan fingerprint density at radius 1 is 1.47 bits per heavy atom. The first-order valence-electron chi connectivity index (χ1n) is 6.60. The van der Waals surface area contributed by atoms with Gasteiger partial charge in [-0.25, -0.2) is 4.98 Å². The van der Waals surface area contributed by atoms with Crippen LogP contribution in [0.2, 0.25) is 0 Å². The minimum absolute atomic E-state index is 0.0726. The van der Waals surface area contributed by atoms with Gasteiger partial charge >= 0.3 is 0 Å². The molecule has 0 aromatic carbocycles. The average molecular weight is 257 g/mol. The molecule has 1 fully saturated rings. The molecule has 1 heterocycles. The van der Waals surface area contributed by atoms with E-state index in [1.165, 1.54) is 12.8 Å². The van der Waals surface area contributed by atoms with Crippen molar-refractivity contribution in [1.29, 1.82) is 0 Å². The van der Waals surface area contributed by atoms with Gasteiger partial charge in [0.15, 0.2) is 0 Å². The van der Waals surface area contributed by atoms with Crippen molar-refractivity contribution in [2.75, 3.05) is 6.54 Å². The Kier molecular flexibility index (Phi) is 4.18. The third-order valence-corrected chi connectivity index (χ3v) is 3.45. The van der Waals surface area contributed by atoms with Gasteiger partial charge in [-0.15, -0.1) is 0 Å². The standard InChI is InChI=1S/C15H19N3O/c1-15(8-2-3-9-15)18-14(19)13-7-6-12(11-17-13)5-4-10-16/h6-7,11H,2-3,8-10,16H2,1H3,(H,18,19). The molecule has 100 valence electrons. The van der Waals surface area contributed by atoms with Gasteiger partial charge in [-0.2, -0.15) is 0 Å². The molecule has 0 atom stereocenters. The maximum atomic E-state index is 12.1. The van der Waals surface area contributed by atoms with Gasteiger partial charge in [0, 0.05) is 17.3 Å². The van der Waals surface area contributed by atoms with E-state index in [9.17, 15) is 4.79 Å². The van der Waals surface area contributed by atoms with Crippen molar-refractivity contribution < 1.29 is 4.79 Å². The molecule has 0 radical (unpaired) electrons. The monoisotopic (exact) mass is 257 g/mol. The largest absolute Gasteiger partial charge is 0.346 e. The molecule has 0 unspecified atom stereocenters. The van der Waals surface area contributed by atoms with E-state index in [4.69, 9.17) is 5.73 Å². The Balaban J connectivity index is 2.03.